The van der Waals surface area contributed by atoms with E-state index in [1.165, 1.54) is 0 Å². The van der Waals surface area contributed by atoms with Crippen LogP contribution in [0.5, 0.6) is 0 Å². The summed E-state index contributed by atoms with van der Waals surface area (Å²) in [5.74, 6) is 0.0794. The SMILES string of the molecule is CC(C)(C(=O)NCCN1CCNCC1)c1cccc(Br)c1. The van der Waals surface area contributed by atoms with Crippen molar-refractivity contribution in [3.05, 3.63) is 34.3 Å². The summed E-state index contributed by atoms with van der Waals surface area (Å²) in [6.07, 6.45) is 0. The Balaban J connectivity index is 1.86. The lowest BCUT2D eigenvalue weighted by molar-refractivity contribution is -0.125. The normalized spacial score (nSPS) is 16.7. The Labute approximate surface area is 135 Å². The molecule has 0 aromatic heterocycles. The van der Waals surface area contributed by atoms with Gasteiger partial charge in [-0.1, -0.05) is 28.1 Å². The van der Waals surface area contributed by atoms with Crippen molar-refractivity contribution in [2.75, 3.05) is 39.3 Å². The zero-order valence-corrected chi connectivity index (χ0v) is 14.4. The van der Waals surface area contributed by atoms with Crippen LogP contribution in [0, 0.1) is 0 Å². The molecule has 0 aliphatic carbocycles. The Hall–Kier alpha value is -0.910. The molecule has 0 saturated carbocycles. The van der Waals surface area contributed by atoms with Gasteiger partial charge < -0.3 is 10.6 Å². The van der Waals surface area contributed by atoms with Crippen molar-refractivity contribution < 1.29 is 4.79 Å². The summed E-state index contributed by atoms with van der Waals surface area (Å²) in [6, 6.07) is 7.95. The molecule has 2 N–H and O–H groups in total. The number of carbonyl (C=O) groups is 1. The van der Waals surface area contributed by atoms with E-state index >= 15 is 0 Å². The van der Waals surface area contributed by atoms with E-state index in [1.54, 1.807) is 0 Å². The number of rotatable bonds is 5. The van der Waals surface area contributed by atoms with E-state index in [2.05, 4.69) is 31.5 Å². The Morgan fingerprint density at radius 2 is 2.10 bits per heavy atom. The molecule has 21 heavy (non-hydrogen) atoms. The fourth-order valence-electron chi connectivity index (χ4n) is 2.49. The van der Waals surface area contributed by atoms with Crippen LogP contribution in [0.2, 0.25) is 0 Å². The van der Waals surface area contributed by atoms with Crippen LogP contribution < -0.4 is 10.6 Å². The lowest BCUT2D eigenvalue weighted by Gasteiger charge is -2.28. The van der Waals surface area contributed by atoms with Gasteiger partial charge in [-0.05, 0) is 31.5 Å². The second kappa shape index (κ2) is 7.38. The minimum Gasteiger partial charge on any atom is -0.354 e. The van der Waals surface area contributed by atoms with Gasteiger partial charge in [0.1, 0.15) is 0 Å². The summed E-state index contributed by atoms with van der Waals surface area (Å²) >= 11 is 3.46. The first kappa shape index (κ1) is 16.5. The molecule has 1 saturated heterocycles. The molecule has 4 nitrogen and oxygen atoms in total. The van der Waals surface area contributed by atoms with Crippen LogP contribution in [0.4, 0.5) is 0 Å². The first-order chi connectivity index (χ1) is 10.00. The Morgan fingerprint density at radius 3 is 2.76 bits per heavy atom. The van der Waals surface area contributed by atoms with Crippen molar-refractivity contribution in [1.29, 1.82) is 0 Å². The van der Waals surface area contributed by atoms with Crippen molar-refractivity contribution in [3.8, 4) is 0 Å². The number of nitrogens with zero attached hydrogens (tertiary/aromatic N) is 1. The molecular formula is C16H24BrN3O. The molecule has 0 spiro atoms. The third kappa shape index (κ3) is 4.53. The van der Waals surface area contributed by atoms with Gasteiger partial charge in [-0.25, -0.2) is 0 Å². The van der Waals surface area contributed by atoms with Gasteiger partial charge in [-0.3, -0.25) is 9.69 Å². The van der Waals surface area contributed by atoms with Crippen LogP contribution in [-0.4, -0.2) is 50.1 Å². The quantitative estimate of drug-likeness (QED) is 0.847. The maximum Gasteiger partial charge on any atom is 0.230 e. The maximum absolute atomic E-state index is 12.5. The summed E-state index contributed by atoms with van der Waals surface area (Å²) in [5, 5.41) is 6.40. The predicted molar refractivity (Wildman–Crippen MR) is 89.5 cm³/mol. The zero-order valence-electron chi connectivity index (χ0n) is 12.8. The fourth-order valence-corrected chi connectivity index (χ4v) is 2.89. The monoisotopic (exact) mass is 353 g/mol. The van der Waals surface area contributed by atoms with E-state index in [4.69, 9.17) is 0 Å². The molecule has 5 heteroatoms. The number of hydrogen-bond donors (Lipinski definition) is 2. The number of amides is 1. The first-order valence-corrected chi connectivity index (χ1v) is 8.27. The third-order valence-corrected chi connectivity index (χ3v) is 4.53. The molecule has 2 rings (SSSR count). The molecule has 0 unspecified atom stereocenters. The molecule has 116 valence electrons. The van der Waals surface area contributed by atoms with E-state index in [-0.39, 0.29) is 5.91 Å². The van der Waals surface area contributed by atoms with E-state index < -0.39 is 5.41 Å². The molecule has 1 aliphatic heterocycles. The highest BCUT2D eigenvalue weighted by Gasteiger charge is 2.29. The number of hydrogen-bond acceptors (Lipinski definition) is 3. The lowest BCUT2D eigenvalue weighted by atomic mass is 9.84. The van der Waals surface area contributed by atoms with Crippen molar-refractivity contribution in [2.45, 2.75) is 19.3 Å². The number of piperazine rings is 1. The van der Waals surface area contributed by atoms with E-state index in [1.807, 2.05) is 38.1 Å². The number of halogens is 1. The van der Waals surface area contributed by atoms with Crippen LogP contribution in [0.1, 0.15) is 19.4 Å². The Bertz CT molecular complexity index is 484. The van der Waals surface area contributed by atoms with Gasteiger partial charge in [-0.2, -0.15) is 0 Å². The van der Waals surface area contributed by atoms with E-state index in [0.29, 0.717) is 6.54 Å². The van der Waals surface area contributed by atoms with Crippen molar-refractivity contribution >= 4 is 21.8 Å². The topological polar surface area (TPSA) is 44.4 Å². The van der Waals surface area contributed by atoms with Gasteiger partial charge >= 0.3 is 0 Å². The maximum atomic E-state index is 12.5. The minimum atomic E-state index is -0.521. The van der Waals surface area contributed by atoms with Crippen molar-refractivity contribution in [3.63, 3.8) is 0 Å². The molecule has 0 bridgehead atoms. The second-order valence-corrected chi connectivity index (χ2v) is 6.90. The van der Waals surface area contributed by atoms with Crippen LogP contribution in [0.25, 0.3) is 0 Å². The summed E-state index contributed by atoms with van der Waals surface area (Å²) in [6.45, 7) is 9.76. The summed E-state index contributed by atoms with van der Waals surface area (Å²) in [4.78, 5) is 14.8. The van der Waals surface area contributed by atoms with Crippen molar-refractivity contribution in [1.82, 2.24) is 15.5 Å². The Kier molecular flexibility index (Phi) is 5.79. The van der Waals surface area contributed by atoms with Crippen LogP contribution in [-0.2, 0) is 10.2 Å². The molecule has 1 aromatic carbocycles. The summed E-state index contributed by atoms with van der Waals surface area (Å²) in [5.41, 5.74) is 0.504. The molecule has 0 atom stereocenters. The average Bonchev–Trinajstić information content (AvgIpc) is 2.48. The second-order valence-electron chi connectivity index (χ2n) is 5.98. The van der Waals surface area contributed by atoms with E-state index in [0.717, 1.165) is 42.8 Å². The van der Waals surface area contributed by atoms with Crippen LogP contribution >= 0.6 is 15.9 Å². The Morgan fingerprint density at radius 1 is 1.38 bits per heavy atom. The largest absolute Gasteiger partial charge is 0.354 e. The molecule has 0 radical (unpaired) electrons. The van der Waals surface area contributed by atoms with Gasteiger partial charge in [0, 0.05) is 43.7 Å². The van der Waals surface area contributed by atoms with Crippen molar-refractivity contribution in [2.24, 2.45) is 0 Å². The van der Waals surface area contributed by atoms with Gasteiger partial charge in [0.2, 0.25) is 5.91 Å². The number of benzene rings is 1. The van der Waals surface area contributed by atoms with Gasteiger partial charge in [0.15, 0.2) is 0 Å². The number of nitrogens with one attached hydrogen (secondary N) is 2. The first-order valence-electron chi connectivity index (χ1n) is 7.47. The van der Waals surface area contributed by atoms with Crippen LogP contribution in [0.3, 0.4) is 0 Å². The molecule has 1 aromatic rings. The standard InChI is InChI=1S/C16H24BrN3O/c1-16(2,13-4-3-5-14(17)12-13)15(21)19-8-11-20-9-6-18-7-10-20/h3-5,12,18H,6-11H2,1-2H3,(H,19,21). The molecule has 1 amide bonds. The predicted octanol–water partition coefficient (Wildman–Crippen LogP) is 1.75. The molecular weight excluding hydrogens is 330 g/mol. The van der Waals surface area contributed by atoms with Gasteiger partial charge in [-0.15, -0.1) is 0 Å². The highest BCUT2D eigenvalue weighted by atomic mass is 79.9. The summed E-state index contributed by atoms with van der Waals surface area (Å²) in [7, 11) is 0. The summed E-state index contributed by atoms with van der Waals surface area (Å²) < 4.78 is 1.00. The van der Waals surface area contributed by atoms with Gasteiger partial charge in [0.25, 0.3) is 0 Å². The zero-order chi connectivity index (χ0) is 15.3. The molecule has 1 fully saturated rings. The van der Waals surface area contributed by atoms with E-state index in [9.17, 15) is 4.79 Å². The number of carbonyl (C=O) groups excluding carboxylic acids is 1. The third-order valence-electron chi connectivity index (χ3n) is 4.04. The molecule has 1 aliphatic rings. The smallest absolute Gasteiger partial charge is 0.230 e. The average molecular weight is 354 g/mol. The fraction of sp³-hybridized carbons (Fsp3) is 0.562. The minimum absolute atomic E-state index is 0.0794. The lowest BCUT2D eigenvalue weighted by Crippen LogP contribution is -2.48. The van der Waals surface area contributed by atoms with Crippen LogP contribution in [0.15, 0.2) is 28.7 Å². The molecule has 1 heterocycles. The highest BCUT2D eigenvalue weighted by Crippen LogP contribution is 2.25. The highest BCUT2D eigenvalue weighted by molar-refractivity contribution is 9.10. The van der Waals surface area contributed by atoms with Gasteiger partial charge in [0.05, 0.1) is 5.41 Å².